The average Bonchev–Trinajstić information content (AvgIpc) is 2.82. The molecule has 3 aromatic heterocycles. The minimum atomic E-state index is -0.507. The van der Waals surface area contributed by atoms with Crippen LogP contribution in [0.1, 0.15) is 31.5 Å². The third-order valence-electron chi connectivity index (χ3n) is 6.71. The molecule has 0 aliphatic heterocycles. The van der Waals surface area contributed by atoms with Gasteiger partial charge in [-0.25, -0.2) is 14.8 Å². The van der Waals surface area contributed by atoms with Crippen LogP contribution in [-0.4, -0.2) is 25.7 Å². The molecule has 0 radical (unpaired) electrons. The van der Waals surface area contributed by atoms with Gasteiger partial charge in [-0.05, 0) is 43.0 Å². The first-order valence-electron chi connectivity index (χ1n) is 10.4. The Morgan fingerprint density at radius 1 is 1.03 bits per heavy atom. The summed E-state index contributed by atoms with van der Waals surface area (Å²) in [4.78, 5) is 34.5. The second-order valence-electron chi connectivity index (χ2n) is 8.42. The van der Waals surface area contributed by atoms with Crippen LogP contribution in [-0.2, 0) is 16.6 Å². The molecular weight excluding hydrogens is 386 g/mol. The topological polar surface area (TPSA) is 73.0 Å². The van der Waals surface area contributed by atoms with E-state index in [0.29, 0.717) is 5.82 Å². The van der Waals surface area contributed by atoms with Crippen LogP contribution in [0.15, 0.2) is 60.8 Å². The molecule has 0 fully saturated rings. The SMILES string of the molecule is [C-]#[N+]C1=C[C@@]2(C)c3nc(-c4ccncc4)nc(-c4ccncc4)c3CC[C@@H]2[C@@H](C)C1=O. The third-order valence-corrected chi connectivity index (χ3v) is 6.71. The van der Waals surface area contributed by atoms with E-state index in [4.69, 9.17) is 16.5 Å². The number of carbonyl (C=O) groups excluding carboxylic acids is 1. The van der Waals surface area contributed by atoms with Crippen molar-refractivity contribution in [1.29, 1.82) is 0 Å². The van der Waals surface area contributed by atoms with Crippen molar-refractivity contribution in [3.05, 3.63) is 83.5 Å². The monoisotopic (exact) mass is 407 g/mol. The number of Topliss-reactive ketones (excluding diaryl/α,β-unsaturated/α-hetero) is 1. The van der Waals surface area contributed by atoms with Gasteiger partial charge in [0.1, 0.15) is 0 Å². The molecular formula is C25H21N5O. The Kier molecular flexibility index (Phi) is 4.48. The quantitative estimate of drug-likeness (QED) is 0.587. The number of aromatic nitrogens is 4. The summed E-state index contributed by atoms with van der Waals surface area (Å²) in [7, 11) is 0. The van der Waals surface area contributed by atoms with Crippen LogP contribution in [0, 0.1) is 18.4 Å². The molecule has 2 aliphatic rings. The van der Waals surface area contributed by atoms with Crippen LogP contribution in [0.2, 0.25) is 0 Å². The molecule has 0 spiro atoms. The minimum Gasteiger partial charge on any atom is -0.308 e. The summed E-state index contributed by atoms with van der Waals surface area (Å²) >= 11 is 0. The highest BCUT2D eigenvalue weighted by molar-refractivity contribution is 6.00. The lowest BCUT2D eigenvalue weighted by Crippen LogP contribution is -2.46. The van der Waals surface area contributed by atoms with Crippen molar-refractivity contribution >= 4 is 5.78 Å². The molecule has 0 amide bonds. The van der Waals surface area contributed by atoms with Gasteiger partial charge < -0.3 is 4.79 Å². The van der Waals surface area contributed by atoms with E-state index in [-0.39, 0.29) is 23.3 Å². The van der Waals surface area contributed by atoms with Gasteiger partial charge in [-0.3, -0.25) is 9.97 Å². The molecule has 0 saturated carbocycles. The van der Waals surface area contributed by atoms with E-state index in [1.807, 2.05) is 37.3 Å². The number of hydrogen-bond donors (Lipinski definition) is 0. The second-order valence-corrected chi connectivity index (χ2v) is 8.42. The summed E-state index contributed by atoms with van der Waals surface area (Å²) in [6, 6.07) is 7.71. The highest BCUT2D eigenvalue weighted by Crippen LogP contribution is 2.51. The predicted molar refractivity (Wildman–Crippen MR) is 117 cm³/mol. The molecule has 152 valence electrons. The fourth-order valence-corrected chi connectivity index (χ4v) is 5.12. The Morgan fingerprint density at radius 3 is 2.32 bits per heavy atom. The molecule has 3 atom stereocenters. The Bertz CT molecular complexity index is 1250. The third kappa shape index (κ3) is 2.97. The number of ketones is 1. The van der Waals surface area contributed by atoms with Crippen molar-refractivity contribution in [2.75, 3.05) is 0 Å². The highest BCUT2D eigenvalue weighted by atomic mass is 16.1. The Balaban J connectivity index is 1.81. The summed E-state index contributed by atoms with van der Waals surface area (Å²) in [6.45, 7) is 11.6. The molecule has 3 aromatic rings. The summed E-state index contributed by atoms with van der Waals surface area (Å²) in [5.74, 6) is 0.454. The van der Waals surface area contributed by atoms with Crippen molar-refractivity contribution in [3.63, 3.8) is 0 Å². The Hall–Kier alpha value is -3.72. The van der Waals surface area contributed by atoms with Crippen LogP contribution in [0.4, 0.5) is 0 Å². The number of allylic oxidation sites excluding steroid dienone is 2. The maximum atomic E-state index is 12.7. The molecule has 2 aliphatic carbocycles. The molecule has 0 N–H and O–H groups in total. The Morgan fingerprint density at radius 2 is 1.68 bits per heavy atom. The normalized spacial score (nSPS) is 24.5. The van der Waals surface area contributed by atoms with Crippen LogP contribution in [0.5, 0.6) is 0 Å². The molecule has 5 rings (SSSR count). The van der Waals surface area contributed by atoms with Crippen LogP contribution in [0.25, 0.3) is 27.5 Å². The van der Waals surface area contributed by atoms with Gasteiger partial charge in [0.25, 0.3) is 0 Å². The highest BCUT2D eigenvalue weighted by Gasteiger charge is 2.49. The standard InChI is InChI=1S/C25H21N5O/c1-15-19-5-4-18-21(16-6-10-27-11-7-16)29-24(17-8-12-28-13-9-17)30-23(18)25(19,2)14-20(26-3)22(15)31/h6-15,19H,4-5H2,1-2H3/t15-,19-,25-/m1/s1. The number of carbonyl (C=O) groups is 1. The minimum absolute atomic E-state index is 0.0568. The van der Waals surface area contributed by atoms with E-state index in [9.17, 15) is 4.79 Å². The van der Waals surface area contributed by atoms with E-state index in [1.165, 1.54) is 0 Å². The zero-order chi connectivity index (χ0) is 21.6. The van der Waals surface area contributed by atoms with E-state index < -0.39 is 5.41 Å². The fraction of sp³-hybridized carbons (Fsp3) is 0.280. The van der Waals surface area contributed by atoms with Crippen molar-refractivity contribution in [2.24, 2.45) is 11.8 Å². The molecule has 3 heterocycles. The number of nitrogens with zero attached hydrogens (tertiary/aromatic N) is 5. The van der Waals surface area contributed by atoms with Gasteiger partial charge in [0.2, 0.25) is 5.70 Å². The molecule has 6 heteroatoms. The van der Waals surface area contributed by atoms with E-state index in [1.54, 1.807) is 24.8 Å². The number of pyridine rings is 2. The summed E-state index contributed by atoms with van der Waals surface area (Å²) in [5.41, 5.74) is 4.47. The summed E-state index contributed by atoms with van der Waals surface area (Å²) < 4.78 is 0. The first kappa shape index (κ1) is 19.3. The zero-order valence-electron chi connectivity index (χ0n) is 17.4. The zero-order valence-corrected chi connectivity index (χ0v) is 17.4. The number of rotatable bonds is 2. The molecule has 0 unspecified atom stereocenters. The van der Waals surface area contributed by atoms with Gasteiger partial charge in [-0.2, -0.15) is 0 Å². The lowest BCUT2D eigenvalue weighted by Gasteiger charge is -2.46. The van der Waals surface area contributed by atoms with Crippen LogP contribution >= 0.6 is 0 Å². The molecule has 0 saturated heterocycles. The smallest absolute Gasteiger partial charge is 0.226 e. The second kappa shape index (κ2) is 7.21. The van der Waals surface area contributed by atoms with Crippen molar-refractivity contribution in [1.82, 2.24) is 19.9 Å². The fourth-order valence-electron chi connectivity index (χ4n) is 5.12. The lowest BCUT2D eigenvalue weighted by atomic mass is 9.58. The van der Waals surface area contributed by atoms with Gasteiger partial charge in [-0.1, -0.05) is 19.9 Å². The summed E-state index contributed by atoms with van der Waals surface area (Å²) in [6.07, 6.45) is 10.5. The summed E-state index contributed by atoms with van der Waals surface area (Å²) in [5, 5.41) is 0. The van der Waals surface area contributed by atoms with Gasteiger partial charge in [-0.15, -0.1) is 0 Å². The Labute approximate surface area is 181 Å². The maximum absolute atomic E-state index is 12.7. The van der Waals surface area contributed by atoms with Crippen molar-refractivity contribution in [2.45, 2.75) is 32.1 Å². The van der Waals surface area contributed by atoms with Crippen LogP contribution in [0.3, 0.4) is 0 Å². The van der Waals surface area contributed by atoms with E-state index >= 15 is 0 Å². The van der Waals surface area contributed by atoms with Gasteiger partial charge in [0, 0.05) is 52.8 Å². The first-order valence-corrected chi connectivity index (χ1v) is 10.4. The van der Waals surface area contributed by atoms with Crippen molar-refractivity contribution < 1.29 is 4.79 Å². The van der Waals surface area contributed by atoms with Crippen LogP contribution < -0.4 is 0 Å². The number of fused-ring (bicyclic) bond motifs is 3. The van der Waals surface area contributed by atoms with E-state index in [0.717, 1.165) is 40.9 Å². The van der Waals surface area contributed by atoms with Crippen molar-refractivity contribution in [3.8, 4) is 22.6 Å². The van der Waals surface area contributed by atoms with Gasteiger partial charge in [0.15, 0.2) is 11.6 Å². The molecule has 6 nitrogen and oxygen atoms in total. The first-order chi connectivity index (χ1) is 15.0. The predicted octanol–water partition coefficient (Wildman–Crippen LogP) is 4.44. The average molecular weight is 407 g/mol. The largest absolute Gasteiger partial charge is 0.308 e. The van der Waals surface area contributed by atoms with E-state index in [2.05, 4.69) is 21.7 Å². The molecule has 0 bridgehead atoms. The molecule has 0 aromatic carbocycles. The number of hydrogen-bond acceptors (Lipinski definition) is 5. The molecule has 31 heavy (non-hydrogen) atoms. The van der Waals surface area contributed by atoms with Gasteiger partial charge in [0.05, 0.1) is 18.0 Å². The maximum Gasteiger partial charge on any atom is 0.226 e. The lowest BCUT2D eigenvalue weighted by molar-refractivity contribution is -0.121. The van der Waals surface area contributed by atoms with Gasteiger partial charge >= 0.3 is 0 Å².